The molecule has 0 fully saturated rings. The zero-order valence-corrected chi connectivity index (χ0v) is 17.4. The maximum Gasteiger partial charge on any atom is 0.338 e. The van der Waals surface area contributed by atoms with E-state index in [4.69, 9.17) is 4.74 Å². The molecule has 0 bridgehead atoms. The van der Waals surface area contributed by atoms with Crippen LogP contribution in [-0.4, -0.2) is 40.8 Å². The summed E-state index contributed by atoms with van der Waals surface area (Å²) in [7, 11) is 0. The van der Waals surface area contributed by atoms with Gasteiger partial charge in [-0.25, -0.2) is 14.8 Å². The number of Topliss-reactive ketones (excluding diaryl/α,β-unsaturated/α-hetero) is 1. The molecule has 0 aliphatic carbocycles. The van der Waals surface area contributed by atoms with Crippen molar-refractivity contribution in [3.05, 3.63) is 64.0 Å². The fraction of sp³-hybridized carbons (Fsp3) is 0.292. The largest absolute Gasteiger partial charge is 0.454 e. The highest BCUT2D eigenvalue weighted by Gasteiger charge is 2.33. The second-order valence-corrected chi connectivity index (χ2v) is 8.07. The van der Waals surface area contributed by atoms with Crippen molar-refractivity contribution in [3.8, 4) is 0 Å². The lowest BCUT2D eigenvalue weighted by Crippen LogP contribution is -2.31. The lowest BCUT2D eigenvalue weighted by molar-refractivity contribution is -0.117. The van der Waals surface area contributed by atoms with E-state index in [0.29, 0.717) is 28.6 Å². The molecule has 2 aliphatic heterocycles. The van der Waals surface area contributed by atoms with E-state index in [1.54, 1.807) is 24.3 Å². The van der Waals surface area contributed by atoms with Gasteiger partial charge in [-0.1, -0.05) is 0 Å². The molecule has 0 unspecified atom stereocenters. The number of carbonyl (C=O) groups excluding carboxylic acids is 3. The number of ether oxygens (including phenoxy) is 1. The van der Waals surface area contributed by atoms with Crippen molar-refractivity contribution in [3.63, 3.8) is 0 Å². The number of fused-ring (bicyclic) bond motifs is 1. The van der Waals surface area contributed by atoms with Crippen LogP contribution in [0.2, 0.25) is 0 Å². The number of anilines is 1. The average molecular weight is 415 g/mol. The van der Waals surface area contributed by atoms with Crippen molar-refractivity contribution in [1.29, 1.82) is 0 Å². The van der Waals surface area contributed by atoms with Crippen LogP contribution < -0.4 is 4.90 Å². The van der Waals surface area contributed by atoms with E-state index in [-0.39, 0.29) is 18.3 Å². The standard InChI is InChI=1S/C24H21N3O4/c1-13-14(2)26-20-10-16(5-6-19(20)25-13)24(30)31-12-21(28)17-8-15-4-3-7-27-22(29)11-18(9-17)23(15)27/h5-6,8-10H,3-4,7,11-12H2,1-2H3. The SMILES string of the molecule is Cc1nc2ccc(C(=O)OCC(=O)c3cc4c5c(c3)CC(=O)N5CCC4)cc2nc1C. The molecule has 3 aromatic rings. The molecule has 2 aliphatic rings. The molecule has 3 heterocycles. The van der Waals surface area contributed by atoms with Gasteiger partial charge in [0.25, 0.3) is 0 Å². The van der Waals surface area contributed by atoms with Gasteiger partial charge in [0.15, 0.2) is 12.4 Å². The van der Waals surface area contributed by atoms with Crippen LogP contribution in [0, 0.1) is 13.8 Å². The van der Waals surface area contributed by atoms with Crippen molar-refractivity contribution < 1.29 is 19.1 Å². The minimum absolute atomic E-state index is 0.0804. The zero-order valence-electron chi connectivity index (χ0n) is 17.4. The lowest BCUT2D eigenvalue weighted by atomic mass is 9.95. The van der Waals surface area contributed by atoms with Gasteiger partial charge in [-0.2, -0.15) is 0 Å². The smallest absolute Gasteiger partial charge is 0.338 e. The Hall–Kier alpha value is -3.61. The van der Waals surface area contributed by atoms with Gasteiger partial charge in [0.2, 0.25) is 5.91 Å². The van der Waals surface area contributed by atoms with Gasteiger partial charge >= 0.3 is 5.97 Å². The summed E-state index contributed by atoms with van der Waals surface area (Å²) in [5.41, 5.74) is 6.61. The van der Waals surface area contributed by atoms with E-state index in [1.807, 2.05) is 24.8 Å². The fourth-order valence-corrected chi connectivity index (χ4v) is 4.30. The van der Waals surface area contributed by atoms with Crippen LogP contribution in [0.3, 0.4) is 0 Å². The Balaban J connectivity index is 1.33. The molecule has 7 heteroatoms. The summed E-state index contributed by atoms with van der Waals surface area (Å²) in [5.74, 6) is -0.785. The summed E-state index contributed by atoms with van der Waals surface area (Å²) in [6.45, 7) is 4.13. The molecule has 5 rings (SSSR count). The van der Waals surface area contributed by atoms with E-state index in [2.05, 4.69) is 9.97 Å². The fourth-order valence-electron chi connectivity index (χ4n) is 4.30. The number of hydrogen-bond acceptors (Lipinski definition) is 6. The van der Waals surface area contributed by atoms with Crippen molar-refractivity contribution >= 4 is 34.4 Å². The Morgan fingerprint density at radius 1 is 1.00 bits per heavy atom. The Morgan fingerprint density at radius 2 is 1.74 bits per heavy atom. The van der Waals surface area contributed by atoms with Crippen LogP contribution in [0.1, 0.15) is 49.7 Å². The molecule has 156 valence electrons. The molecular formula is C24H21N3O4. The molecule has 0 N–H and O–H groups in total. The quantitative estimate of drug-likeness (QED) is 0.480. The van der Waals surface area contributed by atoms with E-state index < -0.39 is 5.97 Å². The van der Waals surface area contributed by atoms with Crippen molar-refractivity contribution in [2.24, 2.45) is 0 Å². The molecule has 0 saturated carbocycles. The van der Waals surface area contributed by atoms with Gasteiger partial charge in [0.05, 0.1) is 40.1 Å². The Bertz CT molecular complexity index is 1280. The third kappa shape index (κ3) is 3.36. The van der Waals surface area contributed by atoms with Gasteiger partial charge in [-0.15, -0.1) is 0 Å². The molecule has 1 amide bonds. The number of carbonyl (C=O) groups is 3. The van der Waals surface area contributed by atoms with Gasteiger partial charge in [-0.3, -0.25) is 9.59 Å². The number of hydrogen-bond donors (Lipinski definition) is 0. The minimum Gasteiger partial charge on any atom is -0.454 e. The summed E-state index contributed by atoms with van der Waals surface area (Å²) in [6, 6.07) is 8.56. The van der Waals surface area contributed by atoms with Crippen molar-refractivity contribution in [2.75, 3.05) is 18.1 Å². The molecule has 0 radical (unpaired) electrons. The highest BCUT2D eigenvalue weighted by molar-refractivity contribution is 6.06. The maximum absolute atomic E-state index is 12.7. The first-order valence-corrected chi connectivity index (χ1v) is 10.3. The van der Waals surface area contributed by atoms with E-state index in [9.17, 15) is 14.4 Å². The third-order valence-corrected chi connectivity index (χ3v) is 5.98. The highest BCUT2D eigenvalue weighted by Crippen LogP contribution is 2.37. The number of aryl methyl sites for hydroxylation is 3. The number of ketones is 1. The minimum atomic E-state index is -0.584. The molecule has 0 spiro atoms. The molecule has 0 saturated heterocycles. The van der Waals surface area contributed by atoms with Crippen molar-refractivity contribution in [1.82, 2.24) is 9.97 Å². The number of nitrogens with zero attached hydrogens (tertiary/aromatic N) is 3. The second-order valence-electron chi connectivity index (χ2n) is 8.07. The predicted octanol–water partition coefficient (Wildman–Crippen LogP) is 3.12. The summed E-state index contributed by atoms with van der Waals surface area (Å²) in [5, 5.41) is 0. The Labute approximate surface area is 179 Å². The molecule has 7 nitrogen and oxygen atoms in total. The van der Waals surface area contributed by atoms with Crippen LogP contribution in [0.4, 0.5) is 5.69 Å². The first-order valence-electron chi connectivity index (χ1n) is 10.3. The van der Waals surface area contributed by atoms with E-state index in [0.717, 1.165) is 47.6 Å². The number of rotatable bonds is 4. The topological polar surface area (TPSA) is 89.5 Å². The zero-order chi connectivity index (χ0) is 21.7. The normalized spacial score (nSPS) is 14.6. The first kappa shape index (κ1) is 19.4. The van der Waals surface area contributed by atoms with E-state index in [1.165, 1.54) is 0 Å². The summed E-state index contributed by atoms with van der Waals surface area (Å²) in [6.07, 6.45) is 2.04. The number of amides is 1. The van der Waals surface area contributed by atoms with Gasteiger partial charge in [0.1, 0.15) is 0 Å². The monoisotopic (exact) mass is 415 g/mol. The number of benzene rings is 2. The van der Waals surface area contributed by atoms with Gasteiger partial charge < -0.3 is 9.64 Å². The van der Waals surface area contributed by atoms with Crippen LogP contribution in [0.5, 0.6) is 0 Å². The lowest BCUT2D eigenvalue weighted by Gasteiger charge is -2.25. The Morgan fingerprint density at radius 3 is 2.55 bits per heavy atom. The van der Waals surface area contributed by atoms with Crippen LogP contribution in [-0.2, 0) is 22.4 Å². The summed E-state index contributed by atoms with van der Waals surface area (Å²) < 4.78 is 5.28. The molecule has 31 heavy (non-hydrogen) atoms. The second kappa shape index (κ2) is 7.27. The molecule has 2 aromatic carbocycles. The van der Waals surface area contributed by atoms with Crippen LogP contribution >= 0.6 is 0 Å². The first-order chi connectivity index (χ1) is 14.9. The summed E-state index contributed by atoms with van der Waals surface area (Å²) in [4.78, 5) is 48.2. The molecule has 1 aromatic heterocycles. The maximum atomic E-state index is 12.7. The highest BCUT2D eigenvalue weighted by atomic mass is 16.5. The van der Waals surface area contributed by atoms with Crippen LogP contribution in [0.25, 0.3) is 11.0 Å². The Kier molecular flexibility index (Phi) is 4.54. The number of esters is 1. The summed E-state index contributed by atoms with van der Waals surface area (Å²) >= 11 is 0. The van der Waals surface area contributed by atoms with Gasteiger partial charge in [0, 0.05) is 12.1 Å². The predicted molar refractivity (Wildman–Crippen MR) is 114 cm³/mol. The van der Waals surface area contributed by atoms with Crippen molar-refractivity contribution in [2.45, 2.75) is 33.1 Å². The van der Waals surface area contributed by atoms with Crippen LogP contribution in [0.15, 0.2) is 30.3 Å². The van der Waals surface area contributed by atoms with Gasteiger partial charge in [-0.05, 0) is 68.1 Å². The van der Waals surface area contributed by atoms with E-state index >= 15 is 0 Å². The average Bonchev–Trinajstić information content (AvgIpc) is 3.09. The molecular weight excluding hydrogens is 394 g/mol. The number of aromatic nitrogens is 2. The molecule has 0 atom stereocenters. The third-order valence-electron chi connectivity index (χ3n) is 5.98.